The first-order chi connectivity index (χ1) is 15.9. The van der Waals surface area contributed by atoms with Gasteiger partial charge in [-0.3, -0.25) is 9.69 Å². The van der Waals surface area contributed by atoms with Crippen LogP contribution in [0.2, 0.25) is 0 Å². The smallest absolute Gasteiger partial charge is 0.394 e. The van der Waals surface area contributed by atoms with Gasteiger partial charge in [0.2, 0.25) is 0 Å². The van der Waals surface area contributed by atoms with E-state index in [1.54, 1.807) is 0 Å². The Balaban J connectivity index is 1.51. The van der Waals surface area contributed by atoms with E-state index in [1.165, 1.54) is 11.1 Å². The molecule has 7 nitrogen and oxygen atoms in total. The highest BCUT2D eigenvalue weighted by Crippen LogP contribution is 2.38. The van der Waals surface area contributed by atoms with Crippen molar-refractivity contribution in [3.8, 4) is 0 Å². The van der Waals surface area contributed by atoms with Crippen LogP contribution in [-0.2, 0) is 22.6 Å². The zero-order valence-corrected chi connectivity index (χ0v) is 18.7. The SMILES string of the molecule is O=C(O)C(=O)Nc1sc2c(c1C(=O)O)CCN(CCC(c1ccccc1)c1ccccc1)C2. The average Bonchev–Trinajstić information content (AvgIpc) is 3.18. The molecule has 0 unspecified atom stereocenters. The third-order valence-electron chi connectivity index (χ3n) is 5.91. The van der Waals surface area contributed by atoms with E-state index in [1.807, 2.05) is 36.4 Å². The number of carboxylic acid groups (broad SMARTS) is 2. The van der Waals surface area contributed by atoms with Gasteiger partial charge in [0.05, 0.1) is 5.56 Å². The summed E-state index contributed by atoms with van der Waals surface area (Å²) in [5.41, 5.74) is 3.21. The van der Waals surface area contributed by atoms with Crippen LogP contribution < -0.4 is 5.32 Å². The summed E-state index contributed by atoms with van der Waals surface area (Å²) < 4.78 is 0. The normalized spacial score (nSPS) is 13.5. The number of carbonyl (C=O) groups excluding carboxylic acids is 1. The van der Waals surface area contributed by atoms with Crippen molar-refractivity contribution in [1.82, 2.24) is 4.90 Å². The Bertz CT molecular complexity index is 1120. The summed E-state index contributed by atoms with van der Waals surface area (Å²) in [4.78, 5) is 37.5. The van der Waals surface area contributed by atoms with Gasteiger partial charge in [0, 0.05) is 23.9 Å². The molecule has 3 aromatic rings. The molecule has 4 rings (SSSR count). The molecular formula is C25H24N2O5S. The number of hydrogen-bond donors (Lipinski definition) is 3. The fourth-order valence-electron chi connectivity index (χ4n) is 4.33. The van der Waals surface area contributed by atoms with E-state index in [-0.39, 0.29) is 16.5 Å². The number of thiophene rings is 1. The summed E-state index contributed by atoms with van der Waals surface area (Å²) in [5, 5.41) is 20.8. The third kappa shape index (κ3) is 5.13. The van der Waals surface area contributed by atoms with E-state index < -0.39 is 17.8 Å². The number of aromatic carboxylic acids is 1. The van der Waals surface area contributed by atoms with Crippen LogP contribution in [0.4, 0.5) is 5.00 Å². The molecule has 0 saturated heterocycles. The van der Waals surface area contributed by atoms with E-state index >= 15 is 0 Å². The number of rotatable bonds is 7. The average molecular weight is 465 g/mol. The van der Waals surface area contributed by atoms with Gasteiger partial charge in [-0.1, -0.05) is 60.7 Å². The van der Waals surface area contributed by atoms with Crippen LogP contribution in [0.1, 0.15) is 44.3 Å². The molecule has 0 atom stereocenters. The van der Waals surface area contributed by atoms with Crippen molar-refractivity contribution in [2.75, 3.05) is 18.4 Å². The van der Waals surface area contributed by atoms with E-state index in [2.05, 4.69) is 34.5 Å². The van der Waals surface area contributed by atoms with Crippen LogP contribution in [-0.4, -0.2) is 46.0 Å². The highest BCUT2D eigenvalue weighted by molar-refractivity contribution is 7.17. The molecule has 170 valence electrons. The molecule has 0 aliphatic carbocycles. The van der Waals surface area contributed by atoms with Gasteiger partial charge < -0.3 is 15.5 Å². The predicted molar refractivity (Wildman–Crippen MR) is 126 cm³/mol. The lowest BCUT2D eigenvalue weighted by atomic mass is 9.88. The minimum absolute atomic E-state index is 0.00991. The first-order valence-corrected chi connectivity index (χ1v) is 11.5. The zero-order valence-electron chi connectivity index (χ0n) is 17.9. The van der Waals surface area contributed by atoms with Crippen molar-refractivity contribution in [3.05, 3.63) is 87.8 Å². The van der Waals surface area contributed by atoms with Crippen molar-refractivity contribution in [2.45, 2.75) is 25.3 Å². The molecule has 0 saturated carbocycles. The van der Waals surface area contributed by atoms with Gasteiger partial charge in [0.1, 0.15) is 5.00 Å². The highest BCUT2D eigenvalue weighted by atomic mass is 32.1. The molecule has 33 heavy (non-hydrogen) atoms. The summed E-state index contributed by atoms with van der Waals surface area (Å²) in [6.45, 7) is 2.09. The standard InChI is InChI=1S/C25H24N2O5S/c28-22(25(31)32)26-23-21(24(29)30)19-12-14-27(15-20(19)33-23)13-11-18(16-7-3-1-4-8-16)17-9-5-2-6-10-17/h1-10,18H,11-15H2,(H,26,28)(H,29,30)(H,31,32). The molecule has 1 aliphatic rings. The quantitative estimate of drug-likeness (QED) is 0.456. The lowest BCUT2D eigenvalue weighted by Gasteiger charge is -2.29. The maximum atomic E-state index is 11.8. The predicted octanol–water partition coefficient (Wildman–Crippen LogP) is 4.05. The lowest BCUT2D eigenvalue weighted by Crippen LogP contribution is -2.32. The van der Waals surface area contributed by atoms with E-state index in [9.17, 15) is 19.5 Å². The number of hydrogen-bond acceptors (Lipinski definition) is 5. The summed E-state index contributed by atoms with van der Waals surface area (Å²) in [6, 6.07) is 20.8. The van der Waals surface area contributed by atoms with Crippen LogP contribution in [0.25, 0.3) is 0 Å². The highest BCUT2D eigenvalue weighted by Gasteiger charge is 2.29. The molecule has 1 aliphatic heterocycles. The number of carboxylic acids is 2. The minimum atomic E-state index is -1.65. The molecule has 2 heterocycles. The van der Waals surface area contributed by atoms with Gasteiger partial charge in [-0.2, -0.15) is 0 Å². The Morgan fingerprint density at radius 1 is 0.970 bits per heavy atom. The topological polar surface area (TPSA) is 107 Å². The number of carbonyl (C=O) groups is 3. The second kappa shape index (κ2) is 9.97. The van der Waals surface area contributed by atoms with Gasteiger partial charge in [-0.05, 0) is 36.1 Å². The van der Waals surface area contributed by atoms with Crippen molar-refractivity contribution in [2.24, 2.45) is 0 Å². The molecule has 0 bridgehead atoms. The Labute approximate surface area is 195 Å². The first kappa shape index (κ1) is 22.7. The second-order valence-electron chi connectivity index (χ2n) is 7.96. The van der Waals surface area contributed by atoms with Gasteiger partial charge in [-0.25, -0.2) is 9.59 Å². The van der Waals surface area contributed by atoms with Crippen LogP contribution in [0.5, 0.6) is 0 Å². The van der Waals surface area contributed by atoms with E-state index in [0.29, 0.717) is 25.1 Å². The molecule has 8 heteroatoms. The molecule has 0 radical (unpaired) electrons. The minimum Gasteiger partial charge on any atom is -0.478 e. The monoisotopic (exact) mass is 464 g/mol. The van der Waals surface area contributed by atoms with E-state index in [4.69, 9.17) is 5.11 Å². The van der Waals surface area contributed by atoms with Crippen molar-refractivity contribution < 1.29 is 24.6 Å². The summed E-state index contributed by atoms with van der Waals surface area (Å²) >= 11 is 1.15. The first-order valence-electron chi connectivity index (χ1n) is 10.7. The number of fused-ring (bicyclic) bond motifs is 1. The Morgan fingerprint density at radius 3 is 2.12 bits per heavy atom. The van der Waals surface area contributed by atoms with Crippen LogP contribution in [0, 0.1) is 0 Å². The molecule has 3 N–H and O–H groups in total. The van der Waals surface area contributed by atoms with Gasteiger partial charge in [0.25, 0.3) is 0 Å². The number of nitrogens with one attached hydrogen (secondary N) is 1. The molecule has 0 fully saturated rings. The molecule has 1 amide bonds. The Morgan fingerprint density at radius 2 is 1.58 bits per heavy atom. The van der Waals surface area contributed by atoms with Crippen LogP contribution in [0.3, 0.4) is 0 Å². The molecule has 0 spiro atoms. The van der Waals surface area contributed by atoms with Crippen LogP contribution >= 0.6 is 11.3 Å². The summed E-state index contributed by atoms with van der Waals surface area (Å²) in [6.07, 6.45) is 1.45. The molecule has 1 aromatic heterocycles. The molecular weight excluding hydrogens is 440 g/mol. The number of nitrogens with zero attached hydrogens (tertiary/aromatic N) is 1. The van der Waals surface area contributed by atoms with Gasteiger partial charge >= 0.3 is 17.8 Å². The maximum Gasteiger partial charge on any atom is 0.394 e. The summed E-state index contributed by atoms with van der Waals surface area (Å²) in [7, 11) is 0. The fraction of sp³-hybridized carbons (Fsp3) is 0.240. The van der Waals surface area contributed by atoms with Crippen molar-refractivity contribution in [3.63, 3.8) is 0 Å². The van der Waals surface area contributed by atoms with Crippen molar-refractivity contribution in [1.29, 1.82) is 0 Å². The third-order valence-corrected chi connectivity index (χ3v) is 7.04. The summed E-state index contributed by atoms with van der Waals surface area (Å²) in [5.74, 6) is -3.79. The van der Waals surface area contributed by atoms with E-state index in [0.717, 1.165) is 29.2 Å². The fourth-order valence-corrected chi connectivity index (χ4v) is 5.60. The number of anilines is 1. The number of aliphatic carboxylic acids is 1. The molecule has 2 aromatic carbocycles. The maximum absolute atomic E-state index is 11.8. The van der Waals surface area contributed by atoms with Crippen LogP contribution in [0.15, 0.2) is 60.7 Å². The van der Waals surface area contributed by atoms with Gasteiger partial charge in [0.15, 0.2) is 0 Å². The largest absolute Gasteiger partial charge is 0.478 e. The second-order valence-corrected chi connectivity index (χ2v) is 9.07. The zero-order chi connectivity index (χ0) is 23.4. The Hall–Kier alpha value is -3.49. The van der Waals surface area contributed by atoms with Crippen molar-refractivity contribution >= 4 is 34.2 Å². The Kier molecular flexibility index (Phi) is 6.86. The van der Waals surface area contributed by atoms with Gasteiger partial charge in [-0.15, -0.1) is 11.3 Å². The number of amides is 1. The lowest BCUT2D eigenvalue weighted by molar-refractivity contribution is -0.147. The number of benzene rings is 2.